The van der Waals surface area contributed by atoms with E-state index in [1.807, 2.05) is 30.3 Å². The van der Waals surface area contributed by atoms with Crippen LogP contribution >= 0.6 is 34.8 Å². The van der Waals surface area contributed by atoms with Crippen LogP contribution in [0.2, 0.25) is 15.1 Å². The van der Waals surface area contributed by atoms with Gasteiger partial charge in [0.2, 0.25) is 21.8 Å². The normalized spacial score (nSPS) is 14.7. The number of hydrogen-bond donors (Lipinski definition) is 1. The molecule has 3 aromatic rings. The molecule has 41 heavy (non-hydrogen) atoms. The lowest BCUT2D eigenvalue weighted by molar-refractivity contribution is -0.141. The molecule has 1 saturated carbocycles. The third-order valence-corrected chi connectivity index (χ3v) is 10.0. The minimum atomic E-state index is -4.02. The number of hydrogen-bond acceptors (Lipinski definition) is 4. The zero-order valence-corrected chi connectivity index (χ0v) is 25.7. The number of sulfonamides is 1. The molecule has 0 spiro atoms. The SMILES string of the molecule is CN(CC(=O)N(Cc1c(Cl)cccc1Cl)[C@@H](Cc1ccccc1)C(=O)NC1CCCC1)S(=O)(=O)c1ccc(Cl)cc1. The molecular formula is C30H32Cl3N3O4S. The molecule has 11 heteroatoms. The fraction of sp³-hybridized carbons (Fsp3) is 0.333. The number of carbonyl (C=O) groups is 2. The summed E-state index contributed by atoms with van der Waals surface area (Å²) in [5, 5.41) is 4.19. The Balaban J connectivity index is 1.69. The molecule has 1 fully saturated rings. The quantitative estimate of drug-likeness (QED) is 0.281. The van der Waals surface area contributed by atoms with E-state index in [-0.39, 0.29) is 29.8 Å². The van der Waals surface area contributed by atoms with Crippen molar-refractivity contribution in [2.45, 2.75) is 55.6 Å². The molecule has 0 aromatic heterocycles. The molecule has 3 aromatic carbocycles. The lowest BCUT2D eigenvalue weighted by Gasteiger charge is -2.33. The maximum Gasteiger partial charge on any atom is 0.243 e. The van der Waals surface area contributed by atoms with E-state index in [1.165, 1.54) is 36.2 Å². The van der Waals surface area contributed by atoms with Crippen LogP contribution in [0.1, 0.15) is 36.8 Å². The van der Waals surface area contributed by atoms with Gasteiger partial charge in [0.1, 0.15) is 6.04 Å². The monoisotopic (exact) mass is 635 g/mol. The number of amides is 2. The smallest absolute Gasteiger partial charge is 0.243 e. The van der Waals surface area contributed by atoms with Crippen molar-refractivity contribution >= 4 is 56.6 Å². The molecule has 0 radical (unpaired) electrons. The average molecular weight is 637 g/mol. The highest BCUT2D eigenvalue weighted by molar-refractivity contribution is 7.89. The van der Waals surface area contributed by atoms with Gasteiger partial charge in [-0.25, -0.2) is 8.42 Å². The molecule has 4 rings (SSSR count). The fourth-order valence-corrected chi connectivity index (χ4v) is 6.69. The number of likely N-dealkylation sites (N-methyl/N-ethyl adjacent to an activating group) is 1. The van der Waals surface area contributed by atoms with Crippen molar-refractivity contribution in [3.05, 3.63) is 99.0 Å². The number of nitrogens with one attached hydrogen (secondary N) is 1. The lowest BCUT2D eigenvalue weighted by atomic mass is 10.0. The van der Waals surface area contributed by atoms with Crippen LogP contribution in [0.5, 0.6) is 0 Å². The number of halogens is 3. The van der Waals surface area contributed by atoms with E-state index in [0.29, 0.717) is 20.6 Å². The van der Waals surface area contributed by atoms with Crippen LogP contribution in [0.4, 0.5) is 0 Å². The number of carbonyl (C=O) groups excluding carboxylic acids is 2. The van der Waals surface area contributed by atoms with Crippen LogP contribution in [0.15, 0.2) is 77.7 Å². The van der Waals surface area contributed by atoms with Crippen LogP contribution < -0.4 is 5.32 Å². The van der Waals surface area contributed by atoms with E-state index in [2.05, 4.69) is 5.32 Å². The zero-order valence-electron chi connectivity index (χ0n) is 22.6. The second kappa shape index (κ2) is 14.0. The molecule has 1 aliphatic carbocycles. The van der Waals surface area contributed by atoms with Crippen LogP contribution in [-0.4, -0.2) is 55.1 Å². The van der Waals surface area contributed by atoms with Crippen molar-refractivity contribution < 1.29 is 18.0 Å². The maximum absolute atomic E-state index is 14.0. The highest BCUT2D eigenvalue weighted by atomic mass is 35.5. The second-order valence-corrected chi connectivity index (χ2v) is 13.4. The third-order valence-electron chi connectivity index (χ3n) is 7.24. The van der Waals surface area contributed by atoms with Crippen molar-refractivity contribution in [1.29, 1.82) is 0 Å². The van der Waals surface area contributed by atoms with Gasteiger partial charge in [-0.2, -0.15) is 4.31 Å². The van der Waals surface area contributed by atoms with Crippen LogP contribution in [0.3, 0.4) is 0 Å². The summed E-state index contributed by atoms with van der Waals surface area (Å²) in [6.07, 6.45) is 4.02. The Bertz CT molecular complexity index is 1440. The molecule has 0 unspecified atom stereocenters. The van der Waals surface area contributed by atoms with Gasteiger partial charge < -0.3 is 10.2 Å². The van der Waals surface area contributed by atoms with Gasteiger partial charge in [0.05, 0.1) is 11.4 Å². The summed E-state index contributed by atoms with van der Waals surface area (Å²) >= 11 is 18.9. The molecule has 0 aliphatic heterocycles. The number of benzene rings is 3. The molecule has 0 saturated heterocycles. The van der Waals surface area contributed by atoms with Crippen molar-refractivity contribution in [1.82, 2.24) is 14.5 Å². The van der Waals surface area contributed by atoms with E-state index in [0.717, 1.165) is 35.6 Å². The molecule has 218 valence electrons. The summed E-state index contributed by atoms with van der Waals surface area (Å²) < 4.78 is 27.5. The minimum Gasteiger partial charge on any atom is -0.352 e. The van der Waals surface area contributed by atoms with Crippen molar-refractivity contribution in [3.63, 3.8) is 0 Å². The van der Waals surface area contributed by atoms with Gasteiger partial charge in [-0.05, 0) is 54.8 Å². The molecule has 1 atom stereocenters. The third kappa shape index (κ3) is 8.02. The Labute approximate surface area is 256 Å². The predicted molar refractivity (Wildman–Crippen MR) is 163 cm³/mol. The molecule has 1 N–H and O–H groups in total. The summed E-state index contributed by atoms with van der Waals surface area (Å²) in [4.78, 5) is 29.2. The summed E-state index contributed by atoms with van der Waals surface area (Å²) in [7, 11) is -2.70. The zero-order chi connectivity index (χ0) is 29.6. The van der Waals surface area contributed by atoms with Gasteiger partial charge in [0.15, 0.2) is 0 Å². The van der Waals surface area contributed by atoms with Crippen LogP contribution in [0.25, 0.3) is 0 Å². The molecule has 0 bridgehead atoms. The molecule has 7 nitrogen and oxygen atoms in total. The first-order valence-corrected chi connectivity index (χ1v) is 15.9. The Kier molecular flexibility index (Phi) is 10.7. The summed E-state index contributed by atoms with van der Waals surface area (Å²) in [6.45, 7) is -0.587. The van der Waals surface area contributed by atoms with Crippen molar-refractivity contribution in [2.75, 3.05) is 13.6 Å². The summed E-state index contributed by atoms with van der Waals surface area (Å²) in [6, 6.07) is 19.2. The predicted octanol–water partition coefficient (Wildman–Crippen LogP) is 5.97. The topological polar surface area (TPSA) is 86.8 Å². The van der Waals surface area contributed by atoms with E-state index in [9.17, 15) is 18.0 Å². The highest BCUT2D eigenvalue weighted by Crippen LogP contribution is 2.28. The second-order valence-electron chi connectivity index (χ2n) is 10.1. The van der Waals surface area contributed by atoms with Crippen molar-refractivity contribution in [2.24, 2.45) is 0 Å². The Morgan fingerprint density at radius 2 is 1.51 bits per heavy atom. The van der Waals surface area contributed by atoms with Gasteiger partial charge in [0.25, 0.3) is 0 Å². The van der Waals surface area contributed by atoms with Gasteiger partial charge in [-0.15, -0.1) is 0 Å². The van der Waals surface area contributed by atoms with Gasteiger partial charge in [0, 0.05) is 46.7 Å². The van der Waals surface area contributed by atoms with E-state index in [4.69, 9.17) is 34.8 Å². The average Bonchev–Trinajstić information content (AvgIpc) is 3.45. The first-order valence-electron chi connectivity index (χ1n) is 13.3. The van der Waals surface area contributed by atoms with Gasteiger partial charge in [-0.1, -0.05) is 84.0 Å². The van der Waals surface area contributed by atoms with Crippen LogP contribution in [0, 0.1) is 0 Å². The van der Waals surface area contributed by atoms with E-state index < -0.39 is 28.5 Å². The first kappa shape index (κ1) is 31.3. The highest BCUT2D eigenvalue weighted by Gasteiger charge is 2.35. The molecular weight excluding hydrogens is 605 g/mol. The maximum atomic E-state index is 14.0. The minimum absolute atomic E-state index is 0.00212. The van der Waals surface area contributed by atoms with Gasteiger partial charge in [-0.3, -0.25) is 9.59 Å². The lowest BCUT2D eigenvalue weighted by Crippen LogP contribution is -2.54. The Hall–Kier alpha value is -2.62. The Morgan fingerprint density at radius 3 is 2.12 bits per heavy atom. The standard InChI is InChI=1S/C30H32Cl3N3O4S/c1-35(41(39,40)24-16-14-22(31)15-17-24)20-29(37)36(19-25-26(32)12-7-13-27(25)33)28(18-21-8-3-2-4-9-21)30(38)34-23-10-5-6-11-23/h2-4,7-9,12-17,23,28H,5-6,10-11,18-20H2,1H3,(H,34,38)/t28-/m0/s1. The van der Waals surface area contributed by atoms with E-state index >= 15 is 0 Å². The molecule has 2 amide bonds. The summed E-state index contributed by atoms with van der Waals surface area (Å²) in [5.41, 5.74) is 1.32. The largest absolute Gasteiger partial charge is 0.352 e. The fourth-order valence-electron chi connectivity index (χ4n) is 4.93. The summed E-state index contributed by atoms with van der Waals surface area (Å²) in [5.74, 6) is -0.871. The van der Waals surface area contributed by atoms with Crippen LogP contribution in [-0.2, 0) is 32.6 Å². The Morgan fingerprint density at radius 1 is 0.902 bits per heavy atom. The molecule has 0 heterocycles. The van der Waals surface area contributed by atoms with E-state index in [1.54, 1.807) is 18.2 Å². The van der Waals surface area contributed by atoms with Crippen molar-refractivity contribution in [3.8, 4) is 0 Å². The number of nitrogens with zero attached hydrogens (tertiary/aromatic N) is 2. The first-order chi connectivity index (χ1) is 19.6. The molecule has 1 aliphatic rings. The van der Waals surface area contributed by atoms with Gasteiger partial charge >= 0.3 is 0 Å². The number of rotatable bonds is 11.